The van der Waals surface area contributed by atoms with Gasteiger partial charge in [0.1, 0.15) is 6.04 Å². The number of rotatable bonds is 7. The molecule has 1 aliphatic heterocycles. The van der Waals surface area contributed by atoms with Crippen molar-refractivity contribution in [3.63, 3.8) is 0 Å². The Bertz CT molecular complexity index is 282. The van der Waals surface area contributed by atoms with Crippen molar-refractivity contribution in [1.82, 2.24) is 4.90 Å². The summed E-state index contributed by atoms with van der Waals surface area (Å²) >= 11 is 0. The molecule has 0 spiro atoms. The van der Waals surface area contributed by atoms with Crippen LogP contribution in [-0.4, -0.2) is 29.9 Å². The largest absolute Gasteiger partial charge is 0.369 e. The van der Waals surface area contributed by atoms with Crippen LogP contribution in [0, 0.1) is 5.92 Å². The molecule has 0 radical (unpaired) electrons. The summed E-state index contributed by atoms with van der Waals surface area (Å²) in [5.41, 5.74) is 5.64. The molecule has 2 N–H and O–H groups in total. The van der Waals surface area contributed by atoms with Crippen molar-refractivity contribution >= 4 is 11.9 Å². The van der Waals surface area contributed by atoms with Crippen LogP contribution in [0.5, 0.6) is 0 Å². The van der Waals surface area contributed by atoms with Crippen LogP contribution in [0.15, 0.2) is 4.99 Å². The molecule has 1 atom stereocenters. The summed E-state index contributed by atoms with van der Waals surface area (Å²) in [5, 5.41) is 0. The van der Waals surface area contributed by atoms with Gasteiger partial charge in [-0.05, 0) is 18.8 Å². The van der Waals surface area contributed by atoms with E-state index in [1.165, 1.54) is 30.6 Å². The van der Waals surface area contributed by atoms with Crippen molar-refractivity contribution in [2.24, 2.45) is 16.6 Å². The van der Waals surface area contributed by atoms with Crippen LogP contribution in [0.25, 0.3) is 0 Å². The molecule has 4 nitrogen and oxygen atoms in total. The third-order valence-electron chi connectivity index (χ3n) is 3.49. The molecule has 0 aliphatic carbocycles. The molecule has 0 aromatic carbocycles. The van der Waals surface area contributed by atoms with E-state index in [9.17, 15) is 4.79 Å². The number of carbonyl (C=O) groups is 1. The Morgan fingerprint density at radius 1 is 1.29 bits per heavy atom. The van der Waals surface area contributed by atoms with E-state index in [0.29, 0.717) is 5.96 Å². The molecule has 0 saturated carbocycles. The third kappa shape index (κ3) is 3.72. The van der Waals surface area contributed by atoms with E-state index >= 15 is 0 Å². The van der Waals surface area contributed by atoms with Gasteiger partial charge in [0.15, 0.2) is 5.96 Å². The number of guanidine groups is 1. The summed E-state index contributed by atoms with van der Waals surface area (Å²) in [6, 6.07) is -0.226. The van der Waals surface area contributed by atoms with Gasteiger partial charge in [-0.3, -0.25) is 9.69 Å². The quantitative estimate of drug-likeness (QED) is 0.740. The van der Waals surface area contributed by atoms with Crippen LogP contribution in [0.3, 0.4) is 0 Å². The molecule has 1 amide bonds. The van der Waals surface area contributed by atoms with Gasteiger partial charge in [-0.15, -0.1) is 0 Å². The second-order valence-electron chi connectivity index (χ2n) is 4.92. The van der Waals surface area contributed by atoms with Crippen molar-refractivity contribution in [2.45, 2.75) is 58.4 Å². The van der Waals surface area contributed by atoms with Crippen LogP contribution >= 0.6 is 0 Å². The van der Waals surface area contributed by atoms with Gasteiger partial charge in [-0.25, -0.2) is 4.99 Å². The highest BCUT2D eigenvalue weighted by molar-refractivity contribution is 6.03. The molecule has 1 aliphatic rings. The Morgan fingerprint density at radius 3 is 2.29 bits per heavy atom. The van der Waals surface area contributed by atoms with Crippen LogP contribution in [-0.2, 0) is 4.79 Å². The van der Waals surface area contributed by atoms with Crippen LogP contribution in [0.1, 0.15) is 52.4 Å². The molecular weight excluding hydrogens is 214 g/mol. The van der Waals surface area contributed by atoms with Gasteiger partial charge < -0.3 is 5.73 Å². The molecule has 1 unspecified atom stereocenters. The van der Waals surface area contributed by atoms with E-state index in [1.54, 1.807) is 7.05 Å². The maximum Gasteiger partial charge on any atom is 0.253 e. The average Bonchev–Trinajstić information content (AvgIpc) is 2.54. The lowest BCUT2D eigenvalue weighted by molar-refractivity contribution is -0.126. The molecule has 0 saturated heterocycles. The van der Waals surface area contributed by atoms with Gasteiger partial charge in [0.05, 0.1) is 0 Å². The van der Waals surface area contributed by atoms with Crippen molar-refractivity contribution in [3.8, 4) is 0 Å². The Kier molecular flexibility index (Phi) is 5.45. The molecule has 1 rings (SSSR count). The predicted molar refractivity (Wildman–Crippen MR) is 70.7 cm³/mol. The molecule has 0 aromatic rings. The lowest BCUT2D eigenvalue weighted by Gasteiger charge is -2.16. The second kappa shape index (κ2) is 6.62. The van der Waals surface area contributed by atoms with Crippen LogP contribution in [0.2, 0.25) is 0 Å². The minimum absolute atomic E-state index is 0.0502. The molecule has 1 heterocycles. The molecular formula is C13H25N3O. The highest BCUT2D eigenvalue weighted by Crippen LogP contribution is 2.22. The van der Waals surface area contributed by atoms with E-state index in [1.807, 2.05) is 0 Å². The number of aliphatic imine (C=N–C) groups is 1. The first-order valence-electron chi connectivity index (χ1n) is 6.70. The van der Waals surface area contributed by atoms with Crippen molar-refractivity contribution in [3.05, 3.63) is 0 Å². The van der Waals surface area contributed by atoms with Gasteiger partial charge in [0, 0.05) is 7.05 Å². The Balaban J connectivity index is 2.41. The Morgan fingerprint density at radius 2 is 1.88 bits per heavy atom. The zero-order valence-electron chi connectivity index (χ0n) is 11.3. The third-order valence-corrected chi connectivity index (χ3v) is 3.49. The maximum atomic E-state index is 11.8. The number of amides is 1. The van der Waals surface area contributed by atoms with Crippen molar-refractivity contribution in [1.29, 1.82) is 0 Å². The number of hydrogen-bond acceptors (Lipinski definition) is 3. The van der Waals surface area contributed by atoms with Crippen LogP contribution < -0.4 is 5.73 Å². The topological polar surface area (TPSA) is 58.7 Å². The van der Waals surface area contributed by atoms with Gasteiger partial charge in [-0.2, -0.15) is 0 Å². The molecule has 17 heavy (non-hydrogen) atoms. The number of nitrogens with two attached hydrogens (primary N) is 1. The summed E-state index contributed by atoms with van der Waals surface area (Å²) in [5.74, 6) is 1.15. The van der Waals surface area contributed by atoms with E-state index in [-0.39, 0.29) is 11.9 Å². The number of likely N-dealkylation sites (N-methyl/N-ethyl adjacent to an activating group) is 1. The van der Waals surface area contributed by atoms with Crippen molar-refractivity contribution < 1.29 is 4.79 Å². The lowest BCUT2D eigenvalue weighted by Crippen LogP contribution is -2.35. The maximum absolute atomic E-state index is 11.8. The summed E-state index contributed by atoms with van der Waals surface area (Å²) in [6.45, 7) is 4.43. The van der Waals surface area contributed by atoms with E-state index in [2.05, 4.69) is 18.8 Å². The highest BCUT2D eigenvalue weighted by Gasteiger charge is 2.30. The first-order chi connectivity index (χ1) is 8.10. The Labute approximate surface area is 104 Å². The zero-order chi connectivity index (χ0) is 12.8. The average molecular weight is 239 g/mol. The monoisotopic (exact) mass is 239 g/mol. The molecule has 0 fully saturated rings. The second-order valence-corrected chi connectivity index (χ2v) is 4.92. The van der Waals surface area contributed by atoms with Gasteiger partial charge in [0.25, 0.3) is 5.91 Å². The van der Waals surface area contributed by atoms with E-state index in [0.717, 1.165) is 18.8 Å². The first-order valence-corrected chi connectivity index (χ1v) is 6.70. The molecule has 0 aromatic heterocycles. The normalized spacial score (nSPS) is 20.2. The molecule has 0 bridgehead atoms. The summed E-state index contributed by atoms with van der Waals surface area (Å²) in [7, 11) is 1.69. The standard InChI is InChI=1S/C13H25N3O/c1-4-6-10(7-5-2)8-9-11-12(17)16(3)13(14)15-11/h10-11H,4-9H2,1-3H3,(H2,14,15). The van der Waals surface area contributed by atoms with Gasteiger partial charge >= 0.3 is 0 Å². The molecule has 98 valence electrons. The number of hydrogen-bond donors (Lipinski definition) is 1. The van der Waals surface area contributed by atoms with E-state index < -0.39 is 0 Å². The number of carbonyl (C=O) groups excluding carboxylic acids is 1. The predicted octanol–water partition coefficient (Wildman–Crippen LogP) is 2.14. The minimum Gasteiger partial charge on any atom is -0.369 e. The SMILES string of the molecule is CCCC(CCC)CCC1N=C(N)N(C)C1=O. The van der Waals surface area contributed by atoms with Crippen LogP contribution in [0.4, 0.5) is 0 Å². The fraction of sp³-hybridized carbons (Fsp3) is 0.846. The minimum atomic E-state index is -0.226. The number of nitrogens with zero attached hydrogens (tertiary/aromatic N) is 2. The first kappa shape index (κ1) is 14.0. The fourth-order valence-corrected chi connectivity index (χ4v) is 2.47. The van der Waals surface area contributed by atoms with Crippen molar-refractivity contribution in [2.75, 3.05) is 7.05 Å². The Hall–Kier alpha value is -1.06. The summed E-state index contributed by atoms with van der Waals surface area (Å²) in [6.07, 6.45) is 6.87. The van der Waals surface area contributed by atoms with E-state index in [4.69, 9.17) is 5.73 Å². The lowest BCUT2D eigenvalue weighted by atomic mass is 9.91. The smallest absolute Gasteiger partial charge is 0.253 e. The zero-order valence-corrected chi connectivity index (χ0v) is 11.3. The summed E-state index contributed by atoms with van der Waals surface area (Å²) in [4.78, 5) is 17.4. The molecule has 4 heteroatoms. The van der Waals surface area contributed by atoms with Gasteiger partial charge in [0.2, 0.25) is 0 Å². The summed E-state index contributed by atoms with van der Waals surface area (Å²) < 4.78 is 0. The fourth-order valence-electron chi connectivity index (χ4n) is 2.47. The van der Waals surface area contributed by atoms with Gasteiger partial charge in [-0.1, -0.05) is 39.5 Å². The highest BCUT2D eigenvalue weighted by atomic mass is 16.2.